The summed E-state index contributed by atoms with van der Waals surface area (Å²) in [5.74, 6) is -0.273. The fraction of sp³-hybridized carbons (Fsp3) is 0.552. The van der Waals surface area contributed by atoms with Crippen LogP contribution in [0.2, 0.25) is 0 Å². The van der Waals surface area contributed by atoms with E-state index in [9.17, 15) is 13.6 Å². The molecule has 1 fully saturated rings. The minimum atomic E-state index is -0.405. The van der Waals surface area contributed by atoms with Crippen molar-refractivity contribution in [1.82, 2.24) is 4.90 Å². The molecule has 0 heterocycles. The number of rotatable bonds is 9. The van der Waals surface area contributed by atoms with E-state index in [2.05, 4.69) is 32.9 Å². The molecule has 0 spiro atoms. The Labute approximate surface area is 203 Å². The van der Waals surface area contributed by atoms with Gasteiger partial charge in [-0.2, -0.15) is 0 Å². The summed E-state index contributed by atoms with van der Waals surface area (Å²) < 4.78 is 28.9. The van der Waals surface area contributed by atoms with Gasteiger partial charge in [0.2, 0.25) is 5.91 Å². The molecule has 2 aromatic rings. The predicted octanol–water partition coefficient (Wildman–Crippen LogP) is 6.32. The van der Waals surface area contributed by atoms with Gasteiger partial charge in [0.15, 0.2) is 0 Å². The largest absolute Gasteiger partial charge is 0.339 e. The summed E-state index contributed by atoms with van der Waals surface area (Å²) in [5, 5.41) is 0. The van der Waals surface area contributed by atoms with Gasteiger partial charge < -0.3 is 10.6 Å². The maximum absolute atomic E-state index is 14.8. The summed E-state index contributed by atoms with van der Waals surface area (Å²) in [6, 6.07) is 14.1. The van der Waals surface area contributed by atoms with Crippen LogP contribution in [0.25, 0.3) is 0 Å². The zero-order valence-corrected chi connectivity index (χ0v) is 21.1. The van der Waals surface area contributed by atoms with Gasteiger partial charge in [-0.15, -0.1) is 0 Å². The number of nitrogens with two attached hydrogens (primary N) is 1. The van der Waals surface area contributed by atoms with E-state index in [1.54, 1.807) is 0 Å². The first kappa shape index (κ1) is 26.3. The van der Waals surface area contributed by atoms with Gasteiger partial charge in [-0.05, 0) is 84.7 Å². The molecule has 0 aromatic heterocycles. The van der Waals surface area contributed by atoms with Gasteiger partial charge in [0.1, 0.15) is 11.6 Å². The van der Waals surface area contributed by atoms with E-state index < -0.39 is 5.82 Å². The Morgan fingerprint density at radius 2 is 1.82 bits per heavy atom. The maximum atomic E-state index is 14.8. The van der Waals surface area contributed by atoms with Gasteiger partial charge >= 0.3 is 0 Å². The second kappa shape index (κ2) is 11.4. The molecule has 1 aliphatic carbocycles. The summed E-state index contributed by atoms with van der Waals surface area (Å²) >= 11 is 0. The molecule has 34 heavy (non-hydrogen) atoms. The minimum Gasteiger partial charge on any atom is -0.339 e. The minimum absolute atomic E-state index is 0.0122. The summed E-state index contributed by atoms with van der Waals surface area (Å²) in [6.45, 7) is 9.61. The molecule has 0 bridgehead atoms. The molecule has 0 aliphatic heterocycles. The van der Waals surface area contributed by atoms with Crippen molar-refractivity contribution in [3.05, 3.63) is 71.3 Å². The number of nitrogens with zero attached hydrogens (tertiary/aromatic N) is 1. The Morgan fingerprint density at radius 1 is 1.12 bits per heavy atom. The summed E-state index contributed by atoms with van der Waals surface area (Å²) in [6.07, 6.45) is 3.55. The highest BCUT2D eigenvalue weighted by Gasteiger charge is 2.47. The summed E-state index contributed by atoms with van der Waals surface area (Å²) in [7, 11) is 0. The van der Waals surface area contributed by atoms with Crippen molar-refractivity contribution in [3.63, 3.8) is 0 Å². The van der Waals surface area contributed by atoms with Crippen LogP contribution in [-0.4, -0.2) is 29.9 Å². The van der Waals surface area contributed by atoms with Gasteiger partial charge in [0.25, 0.3) is 0 Å². The lowest BCUT2D eigenvalue weighted by Crippen LogP contribution is -2.53. The number of amides is 1. The van der Waals surface area contributed by atoms with Crippen molar-refractivity contribution in [2.24, 2.45) is 23.0 Å². The molecule has 1 aliphatic rings. The van der Waals surface area contributed by atoms with Crippen molar-refractivity contribution >= 4 is 5.91 Å². The molecule has 0 saturated heterocycles. The highest BCUT2D eigenvalue weighted by Crippen LogP contribution is 2.50. The zero-order valence-electron chi connectivity index (χ0n) is 21.1. The molecule has 5 heteroatoms. The van der Waals surface area contributed by atoms with Crippen LogP contribution >= 0.6 is 0 Å². The van der Waals surface area contributed by atoms with Gasteiger partial charge in [0.05, 0.1) is 0 Å². The lowest BCUT2D eigenvalue weighted by atomic mass is 9.72. The van der Waals surface area contributed by atoms with E-state index in [1.807, 2.05) is 30.0 Å². The average Bonchev–Trinajstić information content (AvgIpc) is 3.19. The number of carbonyl (C=O) groups is 1. The topological polar surface area (TPSA) is 46.3 Å². The molecule has 1 saturated carbocycles. The standard InChI is InChI=1S/C29H40F2N2O/c1-5-27(34)33(15-9-14-32)28(29(2,3)4)25-18-22(24-19-23(30)12-13-26(24)31)17-21(25)16-20-10-7-6-8-11-20/h6-8,10-13,19,21-22,25,28H,5,9,14-18,32H2,1-4H3/t21?,22?,25?,28-/m0/s1. The number of carbonyl (C=O) groups excluding carboxylic acids is 1. The first-order valence-electron chi connectivity index (χ1n) is 12.6. The first-order valence-corrected chi connectivity index (χ1v) is 12.6. The van der Waals surface area contributed by atoms with Crippen LogP contribution in [0.15, 0.2) is 48.5 Å². The van der Waals surface area contributed by atoms with Gasteiger partial charge in [-0.25, -0.2) is 8.78 Å². The van der Waals surface area contributed by atoms with Crippen molar-refractivity contribution in [1.29, 1.82) is 0 Å². The molecular formula is C29H40F2N2O. The van der Waals surface area contributed by atoms with Crippen molar-refractivity contribution in [2.75, 3.05) is 13.1 Å². The van der Waals surface area contributed by atoms with E-state index in [1.165, 1.54) is 23.8 Å². The molecule has 2 aromatic carbocycles. The van der Waals surface area contributed by atoms with E-state index in [0.29, 0.717) is 25.1 Å². The van der Waals surface area contributed by atoms with Crippen molar-refractivity contribution in [3.8, 4) is 0 Å². The Hall–Kier alpha value is -2.27. The van der Waals surface area contributed by atoms with Gasteiger partial charge in [0, 0.05) is 19.0 Å². The van der Waals surface area contributed by atoms with Crippen LogP contribution < -0.4 is 5.73 Å². The molecule has 3 rings (SSSR count). The molecule has 3 unspecified atom stereocenters. The normalized spacial score (nSPS) is 21.4. The van der Waals surface area contributed by atoms with Gasteiger partial charge in [-0.3, -0.25) is 4.79 Å². The van der Waals surface area contributed by atoms with Gasteiger partial charge in [-0.1, -0.05) is 58.0 Å². The number of hydrogen-bond donors (Lipinski definition) is 1. The molecular weight excluding hydrogens is 430 g/mol. The van der Waals surface area contributed by atoms with E-state index in [0.717, 1.165) is 25.7 Å². The lowest BCUT2D eigenvalue weighted by molar-refractivity contribution is -0.138. The third-order valence-electron chi connectivity index (χ3n) is 7.34. The molecule has 0 radical (unpaired) electrons. The van der Waals surface area contributed by atoms with Crippen LogP contribution in [0.3, 0.4) is 0 Å². The second-order valence-electron chi connectivity index (χ2n) is 10.8. The van der Waals surface area contributed by atoms with E-state index in [-0.39, 0.29) is 40.9 Å². The third-order valence-corrected chi connectivity index (χ3v) is 7.34. The fourth-order valence-corrected chi connectivity index (χ4v) is 6.00. The maximum Gasteiger partial charge on any atom is 0.222 e. The zero-order chi connectivity index (χ0) is 24.9. The number of benzene rings is 2. The van der Waals surface area contributed by atoms with E-state index >= 15 is 0 Å². The Morgan fingerprint density at radius 3 is 2.44 bits per heavy atom. The predicted molar refractivity (Wildman–Crippen MR) is 134 cm³/mol. The fourth-order valence-electron chi connectivity index (χ4n) is 6.00. The quantitative estimate of drug-likeness (QED) is 0.466. The molecule has 2 N–H and O–H groups in total. The van der Waals surface area contributed by atoms with Crippen molar-refractivity contribution < 1.29 is 13.6 Å². The van der Waals surface area contributed by atoms with Crippen LogP contribution in [0.5, 0.6) is 0 Å². The third kappa shape index (κ3) is 6.24. The molecule has 4 atom stereocenters. The average molecular weight is 471 g/mol. The molecule has 1 amide bonds. The monoisotopic (exact) mass is 470 g/mol. The number of halogens is 2. The highest BCUT2D eigenvalue weighted by atomic mass is 19.1. The van der Waals surface area contributed by atoms with Crippen molar-refractivity contribution in [2.45, 2.75) is 71.8 Å². The molecule has 3 nitrogen and oxygen atoms in total. The smallest absolute Gasteiger partial charge is 0.222 e. The van der Waals surface area contributed by atoms with Crippen LogP contribution in [0.1, 0.15) is 70.4 Å². The number of hydrogen-bond acceptors (Lipinski definition) is 2. The Kier molecular flexibility index (Phi) is 8.86. The highest BCUT2D eigenvalue weighted by molar-refractivity contribution is 5.76. The Bertz CT molecular complexity index is 941. The van der Waals surface area contributed by atoms with E-state index in [4.69, 9.17) is 5.73 Å². The van der Waals surface area contributed by atoms with Crippen LogP contribution in [0.4, 0.5) is 8.78 Å². The van der Waals surface area contributed by atoms with Crippen LogP contribution in [0, 0.1) is 28.9 Å². The molecule has 186 valence electrons. The second-order valence-corrected chi connectivity index (χ2v) is 10.8. The van der Waals surface area contributed by atoms with Crippen LogP contribution in [-0.2, 0) is 11.2 Å². The summed E-state index contributed by atoms with van der Waals surface area (Å²) in [5.41, 5.74) is 7.35. The Balaban J connectivity index is 2.03. The SMILES string of the molecule is CCC(=O)N(CCCN)[C@@H](C1CC(c2cc(F)ccc2F)CC1Cc1ccccc1)C(C)(C)C. The summed E-state index contributed by atoms with van der Waals surface area (Å²) in [4.78, 5) is 15.2. The first-order chi connectivity index (χ1) is 16.2. The lowest BCUT2D eigenvalue weighted by Gasteiger charge is -2.46.